The zero-order chi connectivity index (χ0) is 18.3. The lowest BCUT2D eigenvalue weighted by molar-refractivity contribution is 0.0517. The summed E-state index contributed by atoms with van der Waals surface area (Å²) in [6.07, 6.45) is 3.09. The minimum Gasteiger partial charge on any atom is -0.478 e. The van der Waals surface area contributed by atoms with E-state index >= 15 is 0 Å². The van der Waals surface area contributed by atoms with E-state index in [2.05, 4.69) is 15.3 Å². The molecule has 1 aliphatic rings. The molecule has 0 saturated heterocycles. The standard InChI is InChI=1S/C18H16N4O4/c1-2-26-18(25)15-12-7-8-14-13(9-19-20-14)16(12)22(21-15)11-5-3-10(4-6-11)17(23)24/h3-6,9H,2,7-8H2,1H3,(H,19,20)(H,23,24). The third kappa shape index (κ3) is 2.46. The lowest BCUT2D eigenvalue weighted by Gasteiger charge is -2.14. The lowest BCUT2D eigenvalue weighted by atomic mass is 9.94. The molecule has 4 rings (SSSR count). The van der Waals surface area contributed by atoms with Gasteiger partial charge in [0.15, 0.2) is 5.69 Å². The number of nitrogens with one attached hydrogen (secondary N) is 1. The van der Waals surface area contributed by atoms with Crippen molar-refractivity contribution in [1.29, 1.82) is 0 Å². The average Bonchev–Trinajstić information content (AvgIpc) is 3.26. The Balaban J connectivity index is 1.90. The second-order valence-corrected chi connectivity index (χ2v) is 5.92. The topological polar surface area (TPSA) is 110 Å². The molecule has 0 bridgehead atoms. The first-order chi connectivity index (χ1) is 12.6. The van der Waals surface area contributed by atoms with Crippen LogP contribution in [0.3, 0.4) is 0 Å². The fourth-order valence-electron chi connectivity index (χ4n) is 3.22. The molecular weight excluding hydrogens is 336 g/mol. The van der Waals surface area contributed by atoms with Gasteiger partial charge in [-0.15, -0.1) is 0 Å². The zero-order valence-corrected chi connectivity index (χ0v) is 14.0. The van der Waals surface area contributed by atoms with Crippen LogP contribution in [0.5, 0.6) is 0 Å². The minimum absolute atomic E-state index is 0.185. The van der Waals surface area contributed by atoms with Gasteiger partial charge in [-0.05, 0) is 44.0 Å². The van der Waals surface area contributed by atoms with Gasteiger partial charge < -0.3 is 9.84 Å². The van der Waals surface area contributed by atoms with Crippen molar-refractivity contribution < 1.29 is 19.4 Å². The molecule has 0 aliphatic heterocycles. The van der Waals surface area contributed by atoms with E-state index in [-0.39, 0.29) is 17.9 Å². The molecule has 1 aliphatic carbocycles. The van der Waals surface area contributed by atoms with Crippen LogP contribution in [0, 0.1) is 0 Å². The summed E-state index contributed by atoms with van der Waals surface area (Å²) < 4.78 is 6.80. The van der Waals surface area contributed by atoms with Crippen LogP contribution in [0.1, 0.15) is 39.0 Å². The van der Waals surface area contributed by atoms with E-state index in [0.29, 0.717) is 12.1 Å². The Morgan fingerprint density at radius 1 is 1.27 bits per heavy atom. The summed E-state index contributed by atoms with van der Waals surface area (Å²) in [5.41, 5.74) is 4.61. The van der Waals surface area contributed by atoms with Crippen LogP contribution in [0.4, 0.5) is 0 Å². The van der Waals surface area contributed by atoms with Crippen LogP contribution in [-0.4, -0.2) is 43.6 Å². The van der Waals surface area contributed by atoms with Gasteiger partial charge in [0.05, 0.1) is 29.7 Å². The highest BCUT2D eigenvalue weighted by atomic mass is 16.5. The van der Waals surface area contributed by atoms with Crippen molar-refractivity contribution in [3.63, 3.8) is 0 Å². The smallest absolute Gasteiger partial charge is 0.359 e. The summed E-state index contributed by atoms with van der Waals surface area (Å²) in [4.78, 5) is 23.4. The van der Waals surface area contributed by atoms with Crippen molar-refractivity contribution in [1.82, 2.24) is 20.0 Å². The number of carboxylic acid groups (broad SMARTS) is 1. The molecule has 0 unspecified atom stereocenters. The molecule has 3 aromatic rings. The van der Waals surface area contributed by atoms with E-state index in [9.17, 15) is 9.59 Å². The SMILES string of the molecule is CCOC(=O)c1nn(-c2ccc(C(=O)O)cc2)c2c1CCc1[nH]ncc1-2. The summed E-state index contributed by atoms with van der Waals surface area (Å²) in [7, 11) is 0. The molecule has 0 saturated carbocycles. The van der Waals surface area contributed by atoms with E-state index in [0.717, 1.165) is 28.9 Å². The Morgan fingerprint density at radius 3 is 2.73 bits per heavy atom. The first-order valence-electron chi connectivity index (χ1n) is 8.25. The molecule has 8 heteroatoms. The predicted molar refractivity (Wildman–Crippen MR) is 91.5 cm³/mol. The Bertz CT molecular complexity index is 1000. The number of ether oxygens (including phenoxy) is 1. The summed E-state index contributed by atoms with van der Waals surface area (Å²) in [6, 6.07) is 6.35. The van der Waals surface area contributed by atoms with E-state index in [1.807, 2.05) is 0 Å². The summed E-state index contributed by atoms with van der Waals surface area (Å²) in [5, 5.41) is 20.7. The number of esters is 1. The molecule has 0 spiro atoms. The first-order valence-corrected chi connectivity index (χ1v) is 8.25. The number of carboxylic acids is 1. The van der Waals surface area contributed by atoms with Gasteiger partial charge in [-0.2, -0.15) is 10.2 Å². The maximum absolute atomic E-state index is 12.4. The Hall–Kier alpha value is -3.42. The maximum atomic E-state index is 12.4. The molecule has 0 atom stereocenters. The van der Waals surface area contributed by atoms with Crippen LogP contribution in [0.25, 0.3) is 16.9 Å². The van der Waals surface area contributed by atoms with Crippen molar-refractivity contribution in [2.24, 2.45) is 0 Å². The quantitative estimate of drug-likeness (QED) is 0.697. The number of hydrogen-bond acceptors (Lipinski definition) is 5. The van der Waals surface area contributed by atoms with Crippen LogP contribution < -0.4 is 0 Å². The second-order valence-electron chi connectivity index (χ2n) is 5.92. The number of aromatic carboxylic acids is 1. The number of carbonyl (C=O) groups is 2. The van der Waals surface area contributed by atoms with Gasteiger partial charge in [0.25, 0.3) is 0 Å². The van der Waals surface area contributed by atoms with Crippen molar-refractivity contribution >= 4 is 11.9 Å². The highest BCUT2D eigenvalue weighted by Gasteiger charge is 2.30. The fourth-order valence-corrected chi connectivity index (χ4v) is 3.22. The molecular formula is C18H16N4O4. The highest BCUT2D eigenvalue weighted by Crippen LogP contribution is 2.36. The van der Waals surface area contributed by atoms with Crippen molar-refractivity contribution in [2.45, 2.75) is 19.8 Å². The van der Waals surface area contributed by atoms with Crippen molar-refractivity contribution in [2.75, 3.05) is 6.61 Å². The lowest BCUT2D eigenvalue weighted by Crippen LogP contribution is -2.10. The molecule has 0 fully saturated rings. The van der Waals surface area contributed by atoms with Crippen LogP contribution in [0.15, 0.2) is 30.5 Å². The number of fused-ring (bicyclic) bond motifs is 3. The first kappa shape index (κ1) is 16.1. The van der Waals surface area contributed by atoms with Crippen LogP contribution in [-0.2, 0) is 17.6 Å². The zero-order valence-electron chi connectivity index (χ0n) is 14.0. The molecule has 0 radical (unpaired) electrons. The second kappa shape index (κ2) is 6.14. The number of carbonyl (C=O) groups excluding carboxylic acids is 1. The number of aromatic nitrogens is 4. The molecule has 2 heterocycles. The Kier molecular flexibility index (Phi) is 3.80. The molecule has 0 amide bonds. The van der Waals surface area contributed by atoms with E-state index in [4.69, 9.17) is 9.84 Å². The monoisotopic (exact) mass is 352 g/mol. The molecule has 132 valence electrons. The number of benzene rings is 1. The number of nitrogens with zero attached hydrogens (tertiary/aromatic N) is 3. The summed E-state index contributed by atoms with van der Waals surface area (Å²) >= 11 is 0. The summed E-state index contributed by atoms with van der Waals surface area (Å²) in [6.45, 7) is 2.02. The number of aromatic amines is 1. The van der Waals surface area contributed by atoms with E-state index in [1.54, 1.807) is 29.9 Å². The van der Waals surface area contributed by atoms with Gasteiger partial charge in [-0.3, -0.25) is 5.10 Å². The van der Waals surface area contributed by atoms with Gasteiger partial charge in [-0.1, -0.05) is 0 Å². The van der Waals surface area contributed by atoms with Gasteiger partial charge in [0.2, 0.25) is 0 Å². The van der Waals surface area contributed by atoms with Gasteiger partial charge >= 0.3 is 11.9 Å². The fraction of sp³-hybridized carbons (Fsp3) is 0.222. The number of hydrogen-bond donors (Lipinski definition) is 2. The largest absolute Gasteiger partial charge is 0.478 e. The number of aryl methyl sites for hydroxylation is 1. The normalized spacial score (nSPS) is 12.3. The minimum atomic E-state index is -0.997. The highest BCUT2D eigenvalue weighted by molar-refractivity contribution is 5.92. The third-order valence-corrected chi connectivity index (χ3v) is 4.41. The van der Waals surface area contributed by atoms with E-state index < -0.39 is 11.9 Å². The maximum Gasteiger partial charge on any atom is 0.359 e. The number of rotatable bonds is 4. The average molecular weight is 352 g/mol. The van der Waals surface area contributed by atoms with Gasteiger partial charge in [0.1, 0.15) is 0 Å². The van der Waals surface area contributed by atoms with Crippen molar-refractivity contribution in [3.8, 4) is 16.9 Å². The van der Waals surface area contributed by atoms with Crippen LogP contribution in [0.2, 0.25) is 0 Å². The molecule has 2 aromatic heterocycles. The molecule has 8 nitrogen and oxygen atoms in total. The van der Waals surface area contributed by atoms with Crippen LogP contribution >= 0.6 is 0 Å². The molecule has 26 heavy (non-hydrogen) atoms. The number of H-pyrrole nitrogens is 1. The third-order valence-electron chi connectivity index (χ3n) is 4.41. The Morgan fingerprint density at radius 2 is 2.04 bits per heavy atom. The van der Waals surface area contributed by atoms with Gasteiger partial charge in [-0.25, -0.2) is 14.3 Å². The summed E-state index contributed by atoms with van der Waals surface area (Å²) in [5.74, 6) is -1.46. The van der Waals surface area contributed by atoms with E-state index in [1.165, 1.54) is 12.1 Å². The predicted octanol–water partition coefficient (Wildman–Crippen LogP) is 2.24. The Labute approximate surface area is 148 Å². The molecule has 1 aromatic carbocycles. The molecule has 2 N–H and O–H groups in total. The van der Waals surface area contributed by atoms with Crippen molar-refractivity contribution in [3.05, 3.63) is 53.0 Å². The van der Waals surface area contributed by atoms with Gasteiger partial charge in [0, 0.05) is 16.8 Å².